The van der Waals surface area contributed by atoms with Crippen molar-refractivity contribution < 1.29 is 72.9 Å². The number of nitrogens with zero attached hydrogens (tertiary/aromatic N) is 4. The molecule has 2 saturated carbocycles. The fraction of sp³-hybridized carbons (Fsp3) is 0.656. The third kappa shape index (κ3) is 10.1. The lowest BCUT2D eigenvalue weighted by atomic mass is 9.50. The second-order valence-corrected chi connectivity index (χ2v) is 27.0. The number of phenols is 2. The van der Waals surface area contributed by atoms with Gasteiger partial charge in [-0.3, -0.25) is 29.0 Å². The Kier molecular flexibility index (Phi) is 16.0. The number of rotatable bonds is 26. The molecule has 10 aliphatic rings. The zero-order valence-electron chi connectivity index (χ0n) is 50.5. The van der Waals surface area contributed by atoms with Crippen molar-refractivity contribution in [3.63, 3.8) is 0 Å². The number of hydrogen-bond donors (Lipinski definition) is 8. The maximum atomic E-state index is 14.3. The first-order chi connectivity index (χ1) is 41.5. The lowest BCUT2D eigenvalue weighted by Gasteiger charge is -2.62. The van der Waals surface area contributed by atoms with Gasteiger partial charge in [0.1, 0.15) is 22.6 Å². The zero-order valence-corrected chi connectivity index (χ0v) is 50.5. The van der Waals surface area contributed by atoms with Crippen LogP contribution in [0.25, 0.3) is 0 Å². The van der Waals surface area contributed by atoms with Gasteiger partial charge in [-0.25, -0.2) is 9.59 Å². The summed E-state index contributed by atoms with van der Waals surface area (Å²) in [6.45, 7) is 9.98. The van der Waals surface area contributed by atoms with Crippen molar-refractivity contribution in [2.24, 2.45) is 23.3 Å². The summed E-state index contributed by atoms with van der Waals surface area (Å²) >= 11 is 0. The van der Waals surface area contributed by atoms with Crippen LogP contribution >= 0.6 is 0 Å². The van der Waals surface area contributed by atoms with E-state index in [0.717, 1.165) is 48.4 Å². The summed E-state index contributed by atoms with van der Waals surface area (Å²) in [5.41, 5.74) is 8.03. The monoisotopic (exact) mass is 1210 g/mol. The molecule has 87 heavy (non-hydrogen) atoms. The van der Waals surface area contributed by atoms with Crippen LogP contribution < -0.4 is 31.6 Å². The summed E-state index contributed by atoms with van der Waals surface area (Å²) in [5, 5.41) is 53.2. The third-order valence-electron chi connectivity index (χ3n) is 21.1. The van der Waals surface area contributed by atoms with E-state index >= 15 is 0 Å². The van der Waals surface area contributed by atoms with E-state index in [2.05, 4.69) is 20.4 Å². The van der Waals surface area contributed by atoms with E-state index in [1.165, 1.54) is 35.5 Å². The maximum Gasteiger partial charge on any atom is 0.336 e. The average Bonchev–Trinajstić information content (AvgIpc) is 1.67. The lowest BCUT2D eigenvalue weighted by Crippen LogP contribution is -2.75. The number of ether oxygens (including phenoxy) is 5. The van der Waals surface area contributed by atoms with Gasteiger partial charge < -0.3 is 76.0 Å². The molecule has 23 nitrogen and oxygen atoms in total. The fourth-order valence-corrected chi connectivity index (χ4v) is 16.2. The largest absolute Gasteiger partial charge is 0.504 e. The molecule has 8 atom stereocenters. The van der Waals surface area contributed by atoms with Gasteiger partial charge in [0.25, 0.3) is 0 Å². The molecule has 0 radical (unpaired) electrons. The normalized spacial score (nSPS) is 28.8. The maximum absolute atomic E-state index is 14.3. The molecule has 12 rings (SSSR count). The van der Waals surface area contributed by atoms with Crippen molar-refractivity contribution in [1.29, 1.82) is 0 Å². The minimum absolute atomic E-state index is 0.00317. The van der Waals surface area contributed by atoms with Gasteiger partial charge in [0.05, 0.1) is 35.2 Å². The predicted molar refractivity (Wildman–Crippen MR) is 314 cm³/mol. The molecule has 4 bridgehead atoms. The number of hydrogen-bond acceptors (Lipinski definition) is 19. The Hall–Kier alpha value is -6.34. The molecule has 2 spiro atoms. The number of carbonyl (C=O) groups excluding carboxylic acids is 6. The van der Waals surface area contributed by atoms with E-state index in [1.54, 1.807) is 52.0 Å². The number of nitrogens with one attached hydrogen (secondary N) is 2. The predicted octanol–water partition coefficient (Wildman–Crippen LogP) is 1.94. The van der Waals surface area contributed by atoms with Gasteiger partial charge in [-0.1, -0.05) is 12.1 Å². The van der Waals surface area contributed by atoms with Crippen LogP contribution in [0.3, 0.4) is 0 Å². The minimum Gasteiger partial charge on any atom is -0.504 e. The number of phenolic OH excluding ortho intramolecular Hbond substituents is 2. The highest BCUT2D eigenvalue weighted by Gasteiger charge is 2.74. The van der Waals surface area contributed by atoms with Crippen molar-refractivity contribution in [3.8, 4) is 23.0 Å². The minimum atomic E-state index is -1.53. The Morgan fingerprint density at radius 3 is 1.41 bits per heavy atom. The van der Waals surface area contributed by atoms with Gasteiger partial charge in [-0.05, 0) is 139 Å². The highest BCUT2D eigenvalue weighted by molar-refractivity contribution is 5.91. The molecule has 0 aromatic heterocycles. The highest BCUT2D eigenvalue weighted by Crippen LogP contribution is 2.67. The zero-order chi connectivity index (χ0) is 61.6. The first-order valence-corrected chi connectivity index (χ1v) is 31.5. The van der Waals surface area contributed by atoms with E-state index in [-0.39, 0.29) is 126 Å². The lowest BCUT2D eigenvalue weighted by molar-refractivity contribution is -0.177. The number of likely N-dealkylation sites (tertiary alicyclic amines) is 2. The summed E-state index contributed by atoms with van der Waals surface area (Å²) in [5.74, 6) is -1.13. The van der Waals surface area contributed by atoms with Crippen LogP contribution in [0.15, 0.2) is 47.9 Å². The standard InChI is InChI=1S/C64H86N8O15/c1-59(2,57(79)84-43-17-19-63(81)45-33-39-9-11-41(73)53-51(39)61(63,55(43)86-53)21-27-69(45)35-37-5-6-37)71(29-23-65)49(77)15-13-47(75)67-25-31-83-32-26-68-48(76)14-16-50(78)72(30-24-66)60(3,4)58(80)85-44-18-20-64(82)46-34-40-10-12-42(74)54-52(40)62(64,56(44)87-54)22-28-70(46)36-38-7-8-38/h9-12,17-18,37-38,45-46,55-56,73-74,81-82H,5-8,13-16,19-36,65-66H2,1-4H3,(H,67,75)(H,68,76)/t45-,46-,55+,56+,61+,62+,63-,64-/m1/s1. The topological polar surface area (TPSA) is 319 Å². The molecular weight excluding hydrogens is 1120 g/mol. The second-order valence-electron chi connectivity index (χ2n) is 27.0. The SMILES string of the molecule is CC(C)(C(=O)OC1=CC[C@@]2(O)[C@H]3Cc4ccc(O)c5c4[C@@]2(CCN3CC2CC2)[C@H]1O5)N(CCN)C(=O)CCC(=O)NCCOCCNC(=O)CCC(=O)N(CCN)C(C)(C)C(=O)OC1=CC[C@@]2(O)[C@H]3Cc4ccc(O)c5c4[C@@]2(CCN3CC2CC2)[C@H]1O5. The Bertz CT molecular complexity index is 2970. The number of aliphatic hydroxyl groups is 2. The van der Waals surface area contributed by atoms with Crippen LogP contribution in [0.1, 0.15) is 127 Å². The number of piperidine rings is 2. The summed E-state index contributed by atoms with van der Waals surface area (Å²) in [6, 6.07) is 6.68. The molecule has 0 unspecified atom stereocenters. The van der Waals surface area contributed by atoms with E-state index in [0.29, 0.717) is 49.0 Å². The molecule has 2 aromatic rings. The summed E-state index contributed by atoms with van der Waals surface area (Å²) in [4.78, 5) is 89.6. The molecule has 2 saturated heterocycles. The molecule has 6 aliphatic carbocycles. The molecule has 2 aromatic carbocycles. The number of benzene rings is 2. The smallest absolute Gasteiger partial charge is 0.336 e. The highest BCUT2D eigenvalue weighted by atomic mass is 16.6. The number of esters is 2. The van der Waals surface area contributed by atoms with E-state index in [1.807, 2.05) is 12.1 Å². The van der Waals surface area contributed by atoms with Crippen molar-refractivity contribution >= 4 is 35.6 Å². The Morgan fingerprint density at radius 2 is 1.03 bits per heavy atom. The molecular formula is C64H86N8O15. The Morgan fingerprint density at radius 1 is 0.632 bits per heavy atom. The molecule has 4 heterocycles. The van der Waals surface area contributed by atoms with Crippen LogP contribution in [0.4, 0.5) is 0 Å². The molecule has 472 valence electrons. The second kappa shape index (κ2) is 22.9. The van der Waals surface area contributed by atoms with Gasteiger partial charge in [-0.2, -0.15) is 0 Å². The summed E-state index contributed by atoms with van der Waals surface area (Å²) < 4.78 is 31.1. The molecule has 10 N–H and O–H groups in total. The quantitative estimate of drug-likeness (QED) is 0.0493. The summed E-state index contributed by atoms with van der Waals surface area (Å²) in [7, 11) is 0. The van der Waals surface area contributed by atoms with E-state index < -0.39 is 80.9 Å². The number of aromatic hydroxyl groups is 2. The van der Waals surface area contributed by atoms with Gasteiger partial charge >= 0.3 is 11.9 Å². The Balaban J connectivity index is 0.575. The van der Waals surface area contributed by atoms with Crippen LogP contribution in [-0.2, 0) is 66.6 Å². The van der Waals surface area contributed by atoms with Gasteiger partial charge in [-0.15, -0.1) is 0 Å². The van der Waals surface area contributed by atoms with Crippen LogP contribution in [0.5, 0.6) is 23.0 Å². The van der Waals surface area contributed by atoms with Crippen LogP contribution in [0.2, 0.25) is 0 Å². The molecule has 4 amide bonds. The number of nitrogens with two attached hydrogens (primary N) is 2. The van der Waals surface area contributed by atoms with Crippen molar-refractivity contribution in [2.75, 3.05) is 78.7 Å². The average molecular weight is 1210 g/mol. The molecule has 4 fully saturated rings. The van der Waals surface area contributed by atoms with Gasteiger partial charge in [0.2, 0.25) is 23.6 Å². The van der Waals surface area contributed by atoms with E-state index in [4.69, 9.17) is 35.2 Å². The van der Waals surface area contributed by atoms with Gasteiger partial charge in [0.15, 0.2) is 35.2 Å². The van der Waals surface area contributed by atoms with Crippen molar-refractivity contribution in [1.82, 2.24) is 30.2 Å². The fourth-order valence-electron chi connectivity index (χ4n) is 16.2. The van der Waals surface area contributed by atoms with Gasteiger partial charge in [0, 0.05) is 114 Å². The van der Waals surface area contributed by atoms with Crippen molar-refractivity contribution in [3.05, 3.63) is 70.2 Å². The molecule has 23 heteroatoms. The number of carbonyl (C=O) groups is 6. The van der Waals surface area contributed by atoms with Crippen LogP contribution in [-0.4, -0.2) is 201 Å². The third-order valence-corrected chi connectivity index (χ3v) is 21.1. The number of amides is 4. The van der Waals surface area contributed by atoms with Crippen molar-refractivity contribution in [2.45, 2.75) is 175 Å². The first-order valence-electron chi connectivity index (χ1n) is 31.5. The van der Waals surface area contributed by atoms with Crippen LogP contribution in [0, 0.1) is 11.8 Å². The first kappa shape index (κ1) is 60.9. The Labute approximate surface area is 507 Å². The molecule has 4 aliphatic heterocycles. The summed E-state index contributed by atoms with van der Waals surface area (Å²) in [6.07, 6.45) is 8.24. The van der Waals surface area contributed by atoms with E-state index in [9.17, 15) is 49.2 Å².